The Kier molecular flexibility index (Phi) is 10.2. The van der Waals surface area contributed by atoms with Gasteiger partial charge in [-0.15, -0.1) is 11.3 Å². The average Bonchev–Trinajstić information content (AvgIpc) is 3.38. The minimum atomic E-state index is -3.32. The van der Waals surface area contributed by atoms with Crippen molar-refractivity contribution in [3.63, 3.8) is 0 Å². The number of benzene rings is 3. The highest BCUT2D eigenvalue weighted by Crippen LogP contribution is 2.39. The summed E-state index contributed by atoms with van der Waals surface area (Å²) in [6, 6.07) is 20.2. The first-order chi connectivity index (χ1) is 22.2. The predicted molar refractivity (Wildman–Crippen MR) is 188 cm³/mol. The second-order valence-corrected chi connectivity index (χ2v) is 16.5. The Labute approximate surface area is 286 Å². The summed E-state index contributed by atoms with van der Waals surface area (Å²) in [6.45, 7) is 5.84. The molecule has 0 aliphatic heterocycles. The van der Waals surface area contributed by atoms with Crippen LogP contribution in [0.4, 0.5) is 4.79 Å². The van der Waals surface area contributed by atoms with Crippen molar-refractivity contribution in [1.29, 1.82) is 0 Å². The van der Waals surface area contributed by atoms with E-state index in [2.05, 4.69) is 0 Å². The third kappa shape index (κ3) is 7.93. The number of amides is 2. The van der Waals surface area contributed by atoms with Gasteiger partial charge in [-0.1, -0.05) is 48.0 Å². The van der Waals surface area contributed by atoms with E-state index < -0.39 is 15.4 Å². The van der Waals surface area contributed by atoms with Crippen molar-refractivity contribution in [2.45, 2.75) is 75.6 Å². The van der Waals surface area contributed by atoms with Gasteiger partial charge in [0.05, 0.1) is 17.0 Å². The summed E-state index contributed by atoms with van der Waals surface area (Å²) in [5.74, 6) is 0.491. The van der Waals surface area contributed by atoms with Crippen LogP contribution in [0, 0.1) is 0 Å². The molecule has 0 spiro atoms. The molecule has 0 N–H and O–H groups in total. The van der Waals surface area contributed by atoms with E-state index in [0.29, 0.717) is 41.3 Å². The summed E-state index contributed by atoms with van der Waals surface area (Å²) >= 11 is 8.23. The monoisotopic (exact) mass is 696 g/mol. The lowest BCUT2D eigenvalue weighted by Crippen LogP contribution is -2.47. The Morgan fingerprint density at radius 1 is 0.936 bits per heavy atom. The smallest absolute Gasteiger partial charge is 0.410 e. The van der Waals surface area contributed by atoms with Crippen molar-refractivity contribution in [2.24, 2.45) is 0 Å². The molecule has 4 aromatic rings. The van der Waals surface area contributed by atoms with Gasteiger partial charge in [-0.05, 0) is 87.9 Å². The Balaban J connectivity index is 1.46. The highest BCUT2D eigenvalue weighted by atomic mass is 35.5. The van der Waals surface area contributed by atoms with Crippen LogP contribution in [0.5, 0.6) is 5.75 Å². The van der Waals surface area contributed by atoms with Gasteiger partial charge in [0.25, 0.3) is 5.91 Å². The van der Waals surface area contributed by atoms with E-state index in [-0.39, 0.29) is 35.5 Å². The van der Waals surface area contributed by atoms with Crippen LogP contribution in [0.15, 0.2) is 71.6 Å². The van der Waals surface area contributed by atoms with E-state index in [1.54, 1.807) is 43.3 Å². The number of nitrogens with zero attached hydrogens (tertiary/aromatic N) is 2. The zero-order valence-electron chi connectivity index (χ0n) is 27.6. The van der Waals surface area contributed by atoms with Crippen molar-refractivity contribution in [2.75, 3.05) is 20.4 Å². The van der Waals surface area contributed by atoms with Crippen LogP contribution < -0.4 is 4.74 Å². The van der Waals surface area contributed by atoms with Gasteiger partial charge < -0.3 is 19.3 Å². The number of rotatable bonds is 8. The van der Waals surface area contributed by atoms with Gasteiger partial charge in [-0.3, -0.25) is 4.79 Å². The molecule has 250 valence electrons. The van der Waals surface area contributed by atoms with Crippen molar-refractivity contribution in [1.82, 2.24) is 9.80 Å². The maximum Gasteiger partial charge on any atom is 0.410 e. The molecule has 47 heavy (non-hydrogen) atoms. The third-order valence-electron chi connectivity index (χ3n) is 8.56. The topological polar surface area (TPSA) is 93.2 Å². The summed E-state index contributed by atoms with van der Waals surface area (Å²) in [5, 5.41) is 1.30. The Bertz CT molecular complexity index is 1870. The maximum atomic E-state index is 14.5. The largest absolute Gasteiger partial charge is 0.496 e. The second-order valence-electron chi connectivity index (χ2n) is 13.1. The minimum absolute atomic E-state index is 0.00117. The number of sulfone groups is 1. The van der Waals surface area contributed by atoms with Crippen LogP contribution in [0.25, 0.3) is 21.2 Å². The fourth-order valence-corrected chi connectivity index (χ4v) is 8.15. The van der Waals surface area contributed by atoms with Gasteiger partial charge in [-0.25, -0.2) is 13.2 Å². The second kappa shape index (κ2) is 13.9. The van der Waals surface area contributed by atoms with Gasteiger partial charge in [0, 0.05) is 47.6 Å². The van der Waals surface area contributed by atoms with Crippen molar-refractivity contribution < 1.29 is 27.5 Å². The fraction of sp³-hybridized carbons (Fsp3) is 0.389. The fourth-order valence-electron chi connectivity index (χ4n) is 6.05. The number of carbonyl (C=O) groups is 2. The van der Waals surface area contributed by atoms with Crippen LogP contribution in [0.1, 0.15) is 61.7 Å². The van der Waals surface area contributed by atoms with E-state index in [1.807, 2.05) is 68.1 Å². The summed E-state index contributed by atoms with van der Waals surface area (Å²) in [4.78, 5) is 31.6. The molecule has 0 saturated heterocycles. The van der Waals surface area contributed by atoms with Crippen LogP contribution in [-0.4, -0.2) is 68.3 Å². The lowest BCUT2D eigenvalue weighted by atomic mass is 9.89. The molecule has 8 nitrogen and oxygen atoms in total. The maximum absolute atomic E-state index is 14.5. The highest BCUT2D eigenvalue weighted by Gasteiger charge is 2.35. The number of halogens is 1. The van der Waals surface area contributed by atoms with Crippen LogP contribution >= 0.6 is 22.9 Å². The highest BCUT2D eigenvalue weighted by molar-refractivity contribution is 7.90. The Hall–Kier alpha value is -3.60. The number of carbonyl (C=O) groups excluding carboxylic acids is 2. The molecule has 5 rings (SSSR count). The number of hydrogen-bond acceptors (Lipinski definition) is 7. The molecule has 2 amide bonds. The number of ether oxygens (including phenoxy) is 2. The number of hydrogen-bond donors (Lipinski definition) is 0. The molecule has 0 atom stereocenters. The van der Waals surface area contributed by atoms with Gasteiger partial charge >= 0.3 is 6.09 Å². The normalized spacial score (nSPS) is 16.9. The molecular formula is C36H41ClN2O6S2. The number of methoxy groups -OCH3 is 1. The number of fused-ring (bicyclic) bond motifs is 1. The van der Waals surface area contributed by atoms with E-state index in [1.165, 1.54) is 17.6 Å². The van der Waals surface area contributed by atoms with Gasteiger partial charge in [0.2, 0.25) is 0 Å². The van der Waals surface area contributed by atoms with Gasteiger partial charge in [-0.2, -0.15) is 0 Å². The van der Waals surface area contributed by atoms with E-state index in [0.717, 1.165) is 26.8 Å². The average molecular weight is 697 g/mol. The standard InChI is InChI=1S/C36H41ClN2O6S2/c1-36(2,3)45-35(41)38(4)26-14-16-27(17-15-26)39(34(40)33-32(37)29-9-7-8-10-31(29)46-33)22-25-21-24(13-20-30(25)44-5)23-11-18-28(19-12-23)47(6,42)43/h7-13,18-21,26-27H,14-17,22H2,1-6H3. The molecule has 0 bridgehead atoms. The first kappa shape index (κ1) is 34.7. The lowest BCUT2D eigenvalue weighted by Gasteiger charge is -2.40. The van der Waals surface area contributed by atoms with Crippen LogP contribution in [-0.2, 0) is 21.1 Å². The molecule has 0 unspecified atom stereocenters. The molecule has 1 saturated carbocycles. The first-order valence-electron chi connectivity index (χ1n) is 15.6. The third-order valence-corrected chi connectivity index (χ3v) is 11.4. The zero-order chi connectivity index (χ0) is 34.1. The predicted octanol–water partition coefficient (Wildman–Crippen LogP) is 8.45. The summed E-state index contributed by atoms with van der Waals surface area (Å²) in [5.41, 5.74) is 1.95. The number of thiophene rings is 1. The van der Waals surface area contributed by atoms with E-state index in [4.69, 9.17) is 21.1 Å². The van der Waals surface area contributed by atoms with Crippen LogP contribution in [0.2, 0.25) is 5.02 Å². The summed E-state index contributed by atoms with van der Waals surface area (Å²) < 4.78 is 36.3. The first-order valence-corrected chi connectivity index (χ1v) is 18.7. The molecule has 1 fully saturated rings. The zero-order valence-corrected chi connectivity index (χ0v) is 30.0. The minimum Gasteiger partial charge on any atom is -0.496 e. The molecule has 1 aliphatic carbocycles. The molecule has 0 radical (unpaired) electrons. The molecule has 11 heteroatoms. The van der Waals surface area contributed by atoms with E-state index in [9.17, 15) is 18.0 Å². The lowest BCUT2D eigenvalue weighted by molar-refractivity contribution is 0.0144. The molecule has 1 aliphatic rings. The Morgan fingerprint density at radius 2 is 1.55 bits per heavy atom. The van der Waals surface area contributed by atoms with Crippen molar-refractivity contribution in [3.8, 4) is 16.9 Å². The molecule has 3 aromatic carbocycles. The molecule has 1 heterocycles. The van der Waals surface area contributed by atoms with E-state index >= 15 is 0 Å². The summed E-state index contributed by atoms with van der Waals surface area (Å²) in [7, 11) is 0.0555. The molecular weight excluding hydrogens is 656 g/mol. The summed E-state index contributed by atoms with van der Waals surface area (Å²) in [6.07, 6.45) is 3.66. The quantitative estimate of drug-likeness (QED) is 0.184. The van der Waals surface area contributed by atoms with Crippen molar-refractivity contribution >= 4 is 54.9 Å². The van der Waals surface area contributed by atoms with Gasteiger partial charge in [0.15, 0.2) is 9.84 Å². The van der Waals surface area contributed by atoms with Crippen molar-refractivity contribution in [3.05, 3.63) is 82.2 Å². The van der Waals surface area contributed by atoms with Gasteiger partial charge in [0.1, 0.15) is 16.2 Å². The Morgan fingerprint density at radius 3 is 2.15 bits per heavy atom. The SMILES string of the molecule is COc1ccc(-c2ccc(S(C)(=O)=O)cc2)cc1CN(C(=O)c1sc2ccccc2c1Cl)C1CCC(N(C)C(=O)OC(C)(C)C)CC1. The van der Waals surface area contributed by atoms with Crippen LogP contribution in [0.3, 0.4) is 0 Å². The molecule has 1 aromatic heterocycles.